The summed E-state index contributed by atoms with van der Waals surface area (Å²) in [6, 6.07) is 21.4. The van der Waals surface area contributed by atoms with E-state index < -0.39 is 24.6 Å². The van der Waals surface area contributed by atoms with Gasteiger partial charge in [0.2, 0.25) is 0 Å². The Kier molecular flexibility index (Phi) is 6.97. The van der Waals surface area contributed by atoms with Crippen LogP contribution < -0.4 is 10.4 Å². The van der Waals surface area contributed by atoms with Crippen molar-refractivity contribution in [1.82, 2.24) is 0 Å². The van der Waals surface area contributed by atoms with Crippen molar-refractivity contribution in [2.75, 3.05) is 11.5 Å². The molecule has 0 bridgehead atoms. The van der Waals surface area contributed by atoms with Gasteiger partial charge in [-0.15, -0.1) is 23.5 Å². The first-order chi connectivity index (χ1) is 14.8. The van der Waals surface area contributed by atoms with Crippen LogP contribution in [0.1, 0.15) is 40.0 Å². The Labute approximate surface area is 196 Å². The molecule has 0 amide bonds. The summed E-state index contributed by atoms with van der Waals surface area (Å²) in [6.07, 6.45) is 0.894. The summed E-state index contributed by atoms with van der Waals surface area (Å²) in [5.41, 5.74) is 0. The summed E-state index contributed by atoms with van der Waals surface area (Å²) in [5, 5.41) is 24.2. The lowest BCUT2D eigenvalue weighted by atomic mass is 9.91. The molecular weight excluding hydrogens is 440 g/mol. The highest BCUT2D eigenvalue weighted by molar-refractivity contribution is 8.19. The highest BCUT2D eigenvalue weighted by Gasteiger charge is 2.59. The van der Waals surface area contributed by atoms with Gasteiger partial charge in [-0.3, -0.25) is 0 Å². The summed E-state index contributed by atoms with van der Waals surface area (Å²) in [7, 11) is -2.72. The quantitative estimate of drug-likeness (QED) is 0.656. The molecule has 2 fully saturated rings. The Morgan fingerprint density at radius 3 is 1.87 bits per heavy atom. The van der Waals surface area contributed by atoms with E-state index in [1.165, 1.54) is 10.4 Å². The predicted octanol–water partition coefficient (Wildman–Crippen LogP) is 4.01. The van der Waals surface area contributed by atoms with E-state index in [1.807, 2.05) is 0 Å². The van der Waals surface area contributed by atoms with Crippen LogP contribution in [0.2, 0.25) is 5.04 Å². The van der Waals surface area contributed by atoms with E-state index in [1.54, 1.807) is 23.5 Å². The second kappa shape index (κ2) is 9.24. The molecule has 2 N–H and O–H groups in total. The van der Waals surface area contributed by atoms with E-state index in [9.17, 15) is 10.2 Å². The van der Waals surface area contributed by atoms with Gasteiger partial charge in [-0.05, 0) is 46.2 Å². The molecule has 2 aliphatic rings. The van der Waals surface area contributed by atoms with E-state index in [-0.39, 0.29) is 11.1 Å². The van der Waals surface area contributed by atoms with Gasteiger partial charge in [0.15, 0.2) is 0 Å². The minimum absolute atomic E-state index is 0.109. The van der Waals surface area contributed by atoms with E-state index in [2.05, 4.69) is 81.4 Å². The molecule has 1 aliphatic heterocycles. The van der Waals surface area contributed by atoms with Gasteiger partial charge < -0.3 is 14.6 Å². The van der Waals surface area contributed by atoms with Crippen molar-refractivity contribution in [1.29, 1.82) is 0 Å². The van der Waals surface area contributed by atoms with Crippen LogP contribution in [0.25, 0.3) is 0 Å². The fraction of sp³-hybridized carbons (Fsp3) is 0.520. The van der Waals surface area contributed by atoms with Gasteiger partial charge in [0.25, 0.3) is 8.32 Å². The smallest absolute Gasteiger partial charge is 0.261 e. The fourth-order valence-electron chi connectivity index (χ4n) is 5.11. The Hall–Kier alpha value is -0.763. The van der Waals surface area contributed by atoms with E-state index in [0.29, 0.717) is 6.42 Å². The largest absolute Gasteiger partial charge is 0.402 e. The van der Waals surface area contributed by atoms with Gasteiger partial charge in [-0.25, -0.2) is 0 Å². The van der Waals surface area contributed by atoms with Gasteiger partial charge in [-0.1, -0.05) is 81.4 Å². The second-order valence-electron chi connectivity index (χ2n) is 9.63. The molecular formula is C25H34O3S2Si. The standard InChI is InChI=1S/C25H34O3S2Si/c1-24(2,3)31(19-11-6-4-7-12-19,20-13-8-5-9-14-20)28-22-16-15-21(26)23(27)25(22)29-17-10-18-30-25/h4-9,11-14,21-23,26-27H,10,15-18H2,1-3H3/t21-,22-,23-/m1/s1. The molecule has 0 radical (unpaired) electrons. The van der Waals surface area contributed by atoms with Crippen LogP contribution in [-0.4, -0.2) is 52.4 Å². The van der Waals surface area contributed by atoms with Gasteiger partial charge in [0.05, 0.1) is 12.2 Å². The van der Waals surface area contributed by atoms with Crippen molar-refractivity contribution in [2.24, 2.45) is 0 Å². The molecule has 1 spiro atoms. The monoisotopic (exact) mass is 474 g/mol. The van der Waals surface area contributed by atoms with E-state index >= 15 is 0 Å². The fourth-order valence-corrected chi connectivity index (χ4v) is 13.6. The molecule has 1 heterocycles. The first-order valence-corrected chi connectivity index (χ1v) is 15.1. The molecule has 0 unspecified atom stereocenters. The van der Waals surface area contributed by atoms with Gasteiger partial charge in [0, 0.05) is 0 Å². The SMILES string of the molecule is CC(C)(C)[Si](O[C@@H]1CC[C@@H](O)[C@@H](O)C12SCCCS2)(c1ccccc1)c1ccccc1. The molecule has 3 atom stereocenters. The van der Waals surface area contributed by atoms with Crippen LogP contribution in [0.5, 0.6) is 0 Å². The van der Waals surface area contributed by atoms with Crippen LogP contribution in [0.4, 0.5) is 0 Å². The lowest BCUT2D eigenvalue weighted by Crippen LogP contribution is -2.71. The first kappa shape index (κ1) is 23.4. The summed E-state index contributed by atoms with van der Waals surface area (Å²) in [5.74, 6) is 1.99. The highest BCUT2D eigenvalue weighted by atomic mass is 32.2. The Bertz CT molecular complexity index is 811. The van der Waals surface area contributed by atoms with Crippen molar-refractivity contribution < 1.29 is 14.6 Å². The lowest BCUT2D eigenvalue weighted by molar-refractivity contribution is -0.0488. The van der Waals surface area contributed by atoms with Gasteiger partial charge in [0.1, 0.15) is 10.2 Å². The van der Waals surface area contributed by atoms with E-state index in [0.717, 1.165) is 24.3 Å². The van der Waals surface area contributed by atoms with Crippen LogP contribution in [-0.2, 0) is 4.43 Å². The molecule has 1 saturated carbocycles. The average molecular weight is 475 g/mol. The molecule has 1 aliphatic carbocycles. The minimum Gasteiger partial charge on any atom is -0.402 e. The molecule has 168 valence electrons. The molecule has 31 heavy (non-hydrogen) atoms. The zero-order valence-electron chi connectivity index (χ0n) is 18.7. The van der Waals surface area contributed by atoms with Crippen molar-refractivity contribution in [3.05, 3.63) is 60.7 Å². The molecule has 3 nitrogen and oxygen atoms in total. The van der Waals surface area contributed by atoms with Crippen LogP contribution >= 0.6 is 23.5 Å². The van der Waals surface area contributed by atoms with Gasteiger partial charge >= 0.3 is 0 Å². The minimum atomic E-state index is -2.72. The number of hydrogen-bond acceptors (Lipinski definition) is 5. The molecule has 6 heteroatoms. The number of rotatable bonds is 4. The molecule has 2 aromatic rings. The van der Waals surface area contributed by atoms with Crippen LogP contribution in [0.15, 0.2) is 60.7 Å². The lowest BCUT2D eigenvalue weighted by Gasteiger charge is -2.54. The van der Waals surface area contributed by atoms with Gasteiger partial charge in [-0.2, -0.15) is 0 Å². The maximum absolute atomic E-state index is 11.2. The zero-order valence-corrected chi connectivity index (χ0v) is 21.3. The average Bonchev–Trinajstić information content (AvgIpc) is 2.78. The number of aliphatic hydroxyl groups excluding tert-OH is 2. The third kappa shape index (κ3) is 4.16. The third-order valence-electron chi connectivity index (χ3n) is 6.63. The topological polar surface area (TPSA) is 49.7 Å². The Morgan fingerprint density at radius 2 is 1.39 bits per heavy atom. The third-order valence-corrected chi connectivity index (χ3v) is 15.3. The van der Waals surface area contributed by atoms with Crippen molar-refractivity contribution in [2.45, 2.75) is 67.5 Å². The maximum atomic E-state index is 11.2. The summed E-state index contributed by atoms with van der Waals surface area (Å²) < 4.78 is 6.94. The number of thioether (sulfide) groups is 2. The molecule has 1 saturated heterocycles. The number of benzene rings is 2. The van der Waals surface area contributed by atoms with Crippen molar-refractivity contribution >= 4 is 42.2 Å². The van der Waals surface area contributed by atoms with Crippen LogP contribution in [0, 0.1) is 0 Å². The zero-order chi connectivity index (χ0) is 22.1. The second-order valence-corrected chi connectivity index (χ2v) is 16.9. The van der Waals surface area contributed by atoms with Crippen LogP contribution in [0.3, 0.4) is 0 Å². The Balaban J connectivity index is 1.86. The van der Waals surface area contributed by atoms with E-state index in [4.69, 9.17) is 4.43 Å². The van der Waals surface area contributed by atoms with Crippen molar-refractivity contribution in [3.63, 3.8) is 0 Å². The predicted molar refractivity (Wildman–Crippen MR) is 136 cm³/mol. The summed E-state index contributed by atoms with van der Waals surface area (Å²) >= 11 is 3.60. The highest BCUT2D eigenvalue weighted by Crippen LogP contribution is 2.54. The first-order valence-electron chi connectivity index (χ1n) is 11.2. The number of aliphatic hydroxyl groups is 2. The summed E-state index contributed by atoms with van der Waals surface area (Å²) in [4.78, 5) is 0. The molecule has 2 aromatic carbocycles. The maximum Gasteiger partial charge on any atom is 0.261 e. The molecule has 4 rings (SSSR count). The Morgan fingerprint density at radius 1 is 0.871 bits per heavy atom. The molecule has 0 aromatic heterocycles. The number of hydrogen-bond donors (Lipinski definition) is 2. The summed E-state index contributed by atoms with van der Waals surface area (Å²) in [6.45, 7) is 6.88. The normalized spacial score (nSPS) is 26.7. The van der Waals surface area contributed by atoms with Crippen molar-refractivity contribution in [3.8, 4) is 0 Å².